The summed E-state index contributed by atoms with van der Waals surface area (Å²) in [5.41, 5.74) is -0.378. The van der Waals surface area contributed by atoms with E-state index in [1.807, 2.05) is 18.2 Å². The highest BCUT2D eigenvalue weighted by atomic mass is 35.5. The lowest BCUT2D eigenvalue weighted by molar-refractivity contribution is -0.139. The van der Waals surface area contributed by atoms with Crippen LogP contribution in [0.1, 0.15) is 57.4 Å². The molecule has 2 aliphatic rings. The molecule has 6 nitrogen and oxygen atoms in total. The lowest BCUT2D eigenvalue weighted by Crippen LogP contribution is -2.55. The van der Waals surface area contributed by atoms with Crippen molar-refractivity contribution in [2.75, 3.05) is 6.61 Å². The Labute approximate surface area is 170 Å². The van der Waals surface area contributed by atoms with Crippen LogP contribution in [0.4, 0.5) is 4.79 Å². The van der Waals surface area contributed by atoms with Gasteiger partial charge < -0.3 is 9.47 Å². The van der Waals surface area contributed by atoms with E-state index in [-0.39, 0.29) is 12.2 Å². The van der Waals surface area contributed by atoms with E-state index < -0.39 is 23.2 Å². The summed E-state index contributed by atoms with van der Waals surface area (Å²) in [6.45, 7) is 1.64. The normalized spacial score (nSPS) is 26.1. The monoisotopic (exact) mass is 407 g/mol. The fraction of sp³-hybridized carbons (Fsp3) is 0.571. The zero-order valence-corrected chi connectivity index (χ0v) is 16.9. The van der Waals surface area contributed by atoms with Gasteiger partial charge in [0.05, 0.1) is 6.61 Å². The number of imide groups is 1. The average Bonchev–Trinajstić information content (AvgIpc) is 3.46. The maximum absolute atomic E-state index is 12.3. The fourth-order valence-corrected chi connectivity index (χ4v) is 4.06. The summed E-state index contributed by atoms with van der Waals surface area (Å²) in [4.78, 5) is 35.9. The minimum atomic E-state index is -1.05. The number of nitrogens with zero attached hydrogens (tertiary/aromatic N) is 1. The van der Waals surface area contributed by atoms with Crippen LogP contribution < -0.4 is 0 Å². The summed E-state index contributed by atoms with van der Waals surface area (Å²) in [6, 6.07) is 10.3. The number of halogens is 1. The first kappa shape index (κ1) is 20.8. The standard InChI is InChI=1S/C21H26ClNO5/c1-16(24)23(22)19(26)28-20(14-18(25)11-13-21(20)15-27-21)12-7-3-6-10-17-8-4-2-5-9-17/h2,4-5,8-9H,3,6-7,10-15H2,1H3/t20-,21+/m1/s1. The van der Waals surface area contributed by atoms with Gasteiger partial charge in [-0.1, -0.05) is 36.8 Å². The summed E-state index contributed by atoms with van der Waals surface area (Å²) in [7, 11) is 0. The molecule has 1 aromatic rings. The van der Waals surface area contributed by atoms with Gasteiger partial charge in [0.15, 0.2) is 5.60 Å². The largest absolute Gasteiger partial charge is 0.438 e. The third-order valence-electron chi connectivity index (χ3n) is 5.72. The number of unbranched alkanes of at least 4 members (excludes halogenated alkanes) is 2. The number of hydrogen-bond acceptors (Lipinski definition) is 5. The highest BCUT2D eigenvalue weighted by molar-refractivity contribution is 6.28. The first-order chi connectivity index (χ1) is 13.4. The van der Waals surface area contributed by atoms with Gasteiger partial charge in [-0.05, 0) is 37.7 Å². The molecule has 1 heterocycles. The van der Waals surface area contributed by atoms with Crippen molar-refractivity contribution in [1.82, 2.24) is 4.42 Å². The first-order valence-electron chi connectivity index (χ1n) is 9.77. The Morgan fingerprint density at radius 3 is 2.57 bits per heavy atom. The Morgan fingerprint density at radius 2 is 1.93 bits per heavy atom. The molecule has 2 fully saturated rings. The van der Waals surface area contributed by atoms with Crippen molar-refractivity contribution >= 4 is 29.6 Å². The van der Waals surface area contributed by atoms with Crippen molar-refractivity contribution in [2.45, 2.75) is 69.5 Å². The minimum absolute atomic E-state index is 0.0437. The van der Waals surface area contributed by atoms with E-state index in [1.165, 1.54) is 12.5 Å². The highest BCUT2D eigenvalue weighted by Crippen LogP contribution is 2.52. The second-order valence-electron chi connectivity index (χ2n) is 7.71. The van der Waals surface area contributed by atoms with Crippen molar-refractivity contribution in [3.05, 3.63) is 35.9 Å². The number of benzene rings is 1. The SMILES string of the molecule is CC(=O)N(Cl)C(=O)O[C@]1(CCCCCc2ccccc2)CC(=O)CC[C@]12CO2. The molecule has 2 atom stereocenters. The smallest absolute Gasteiger partial charge is 0.432 e. The van der Waals surface area contributed by atoms with Crippen LogP contribution in [0.2, 0.25) is 0 Å². The summed E-state index contributed by atoms with van der Waals surface area (Å²) in [5, 5.41) is 0. The van der Waals surface area contributed by atoms with Crippen molar-refractivity contribution in [2.24, 2.45) is 0 Å². The second-order valence-corrected chi connectivity index (χ2v) is 8.04. The Kier molecular flexibility index (Phi) is 6.40. The van der Waals surface area contributed by atoms with Crippen LogP contribution in [0.15, 0.2) is 30.3 Å². The Bertz CT molecular complexity index is 734. The number of rotatable bonds is 7. The molecule has 0 N–H and O–H groups in total. The number of carbonyl (C=O) groups excluding carboxylic acids is 3. The van der Waals surface area contributed by atoms with E-state index in [4.69, 9.17) is 21.3 Å². The zero-order chi connectivity index (χ0) is 20.2. The number of Topliss-reactive ketones (excluding diaryl/α,β-unsaturated/α-hetero) is 1. The molecule has 1 aromatic carbocycles. The van der Waals surface area contributed by atoms with E-state index in [2.05, 4.69) is 12.1 Å². The molecule has 1 aliphatic carbocycles. The van der Waals surface area contributed by atoms with Gasteiger partial charge in [0, 0.05) is 31.5 Å². The van der Waals surface area contributed by atoms with Crippen molar-refractivity contribution in [1.29, 1.82) is 0 Å². The predicted molar refractivity (Wildman–Crippen MR) is 104 cm³/mol. The summed E-state index contributed by atoms with van der Waals surface area (Å²) in [5.74, 6) is -0.584. The predicted octanol–water partition coefficient (Wildman–Crippen LogP) is 4.19. The van der Waals surface area contributed by atoms with Crippen molar-refractivity contribution in [3.8, 4) is 0 Å². The molecular formula is C21H26ClNO5. The van der Waals surface area contributed by atoms with E-state index >= 15 is 0 Å². The zero-order valence-electron chi connectivity index (χ0n) is 16.1. The first-order valence-corrected chi connectivity index (χ1v) is 10.1. The quantitative estimate of drug-likeness (QED) is 0.385. The third-order valence-corrected chi connectivity index (χ3v) is 6.10. The fourth-order valence-electron chi connectivity index (χ4n) is 4.02. The average molecular weight is 408 g/mol. The molecule has 7 heteroatoms. The van der Waals surface area contributed by atoms with Crippen LogP contribution in [0.3, 0.4) is 0 Å². The number of ether oxygens (including phenoxy) is 2. The van der Waals surface area contributed by atoms with Crippen LogP contribution in [0.25, 0.3) is 0 Å². The van der Waals surface area contributed by atoms with Gasteiger partial charge in [-0.3, -0.25) is 9.59 Å². The molecule has 1 spiro atoms. The number of carbonyl (C=O) groups is 3. The molecule has 3 rings (SSSR count). The van der Waals surface area contributed by atoms with Gasteiger partial charge in [-0.15, -0.1) is 0 Å². The second kappa shape index (κ2) is 8.62. The van der Waals surface area contributed by atoms with Crippen LogP contribution in [-0.2, 0) is 25.5 Å². The summed E-state index contributed by atoms with van der Waals surface area (Å²) in [6.07, 6.45) is 4.36. The molecule has 0 unspecified atom stereocenters. The van der Waals surface area contributed by atoms with E-state index in [0.29, 0.717) is 30.3 Å². The van der Waals surface area contributed by atoms with Crippen LogP contribution in [0.5, 0.6) is 0 Å². The molecule has 0 radical (unpaired) electrons. The van der Waals surface area contributed by atoms with Gasteiger partial charge in [-0.25, -0.2) is 4.79 Å². The molecule has 1 aliphatic heterocycles. The van der Waals surface area contributed by atoms with Crippen molar-refractivity contribution in [3.63, 3.8) is 0 Å². The molecule has 0 aromatic heterocycles. The van der Waals surface area contributed by atoms with Crippen LogP contribution in [-0.4, -0.2) is 40.0 Å². The summed E-state index contributed by atoms with van der Waals surface area (Å²) >= 11 is 5.73. The van der Waals surface area contributed by atoms with Gasteiger partial charge in [0.25, 0.3) is 0 Å². The molecule has 152 valence electrons. The van der Waals surface area contributed by atoms with Gasteiger partial charge in [0.2, 0.25) is 5.91 Å². The number of hydrogen-bond donors (Lipinski definition) is 0. The third kappa shape index (κ3) is 4.55. The molecule has 2 amide bonds. The lowest BCUT2D eigenvalue weighted by Gasteiger charge is -2.41. The van der Waals surface area contributed by atoms with Crippen LogP contribution >= 0.6 is 11.8 Å². The lowest BCUT2D eigenvalue weighted by atomic mass is 9.71. The topological polar surface area (TPSA) is 76.2 Å². The van der Waals surface area contributed by atoms with Crippen molar-refractivity contribution < 1.29 is 23.9 Å². The maximum atomic E-state index is 12.3. The Balaban J connectivity index is 1.62. The number of epoxide rings is 1. The van der Waals surface area contributed by atoms with Gasteiger partial charge in [0.1, 0.15) is 11.4 Å². The number of ketones is 1. The Hall–Kier alpha value is -1.92. The van der Waals surface area contributed by atoms with Gasteiger partial charge in [-0.2, -0.15) is 4.42 Å². The minimum Gasteiger partial charge on any atom is -0.438 e. The molecule has 28 heavy (non-hydrogen) atoms. The number of aryl methyl sites for hydroxylation is 1. The van der Waals surface area contributed by atoms with E-state index in [0.717, 1.165) is 25.7 Å². The Morgan fingerprint density at radius 1 is 1.21 bits per heavy atom. The highest BCUT2D eigenvalue weighted by Gasteiger charge is 2.66. The van der Waals surface area contributed by atoms with E-state index in [1.54, 1.807) is 0 Å². The van der Waals surface area contributed by atoms with Crippen LogP contribution in [0, 0.1) is 0 Å². The van der Waals surface area contributed by atoms with Gasteiger partial charge >= 0.3 is 6.09 Å². The maximum Gasteiger partial charge on any atom is 0.432 e. The number of amides is 2. The van der Waals surface area contributed by atoms with E-state index in [9.17, 15) is 14.4 Å². The molecular weight excluding hydrogens is 382 g/mol. The molecule has 1 saturated heterocycles. The molecule has 1 saturated carbocycles. The molecule has 0 bridgehead atoms. The summed E-state index contributed by atoms with van der Waals surface area (Å²) < 4.78 is 11.8.